The predicted octanol–water partition coefficient (Wildman–Crippen LogP) is 1.99. The van der Waals surface area contributed by atoms with Gasteiger partial charge in [-0.2, -0.15) is 0 Å². The minimum absolute atomic E-state index is 0.141. The van der Waals surface area contributed by atoms with E-state index in [0.29, 0.717) is 30.4 Å². The molecule has 0 spiro atoms. The number of carbonyl (C=O) groups excluding carboxylic acids is 1. The molecule has 5 heteroatoms. The molecule has 2 fully saturated rings. The van der Waals surface area contributed by atoms with Crippen molar-refractivity contribution < 1.29 is 14.3 Å². The summed E-state index contributed by atoms with van der Waals surface area (Å²) in [7, 11) is 3.25. The lowest BCUT2D eigenvalue weighted by molar-refractivity contribution is -0.121. The Morgan fingerprint density at radius 1 is 1.22 bits per heavy atom. The molecule has 1 amide bonds. The number of amides is 1. The fourth-order valence-electron chi connectivity index (χ4n) is 3.27. The van der Waals surface area contributed by atoms with Crippen molar-refractivity contribution >= 4 is 5.91 Å². The molecule has 0 radical (unpaired) electrons. The standard InChI is InChI=1S/C18H26N2O3/c1-22-16-7-3-13(11-17(16)23-2)4-8-18(21)19-14-9-10-20(12-14)15-5-6-15/h3,7,11,14-15H,4-6,8-10,12H2,1-2H3,(H,19,21). The van der Waals surface area contributed by atoms with E-state index in [4.69, 9.17) is 9.47 Å². The SMILES string of the molecule is COc1ccc(CCC(=O)NC2CCN(C3CC3)C2)cc1OC. The first-order chi connectivity index (χ1) is 11.2. The number of hydrogen-bond acceptors (Lipinski definition) is 4. The molecule has 1 aromatic rings. The van der Waals surface area contributed by atoms with Crippen molar-refractivity contribution in [1.82, 2.24) is 10.2 Å². The second-order valence-corrected chi connectivity index (χ2v) is 6.47. The molecule has 1 saturated heterocycles. The van der Waals surface area contributed by atoms with Crippen molar-refractivity contribution in [2.45, 2.75) is 44.2 Å². The third-order valence-corrected chi connectivity index (χ3v) is 4.74. The zero-order chi connectivity index (χ0) is 16.2. The van der Waals surface area contributed by atoms with Crippen LogP contribution in [-0.4, -0.2) is 50.2 Å². The number of nitrogens with zero attached hydrogens (tertiary/aromatic N) is 1. The summed E-state index contributed by atoms with van der Waals surface area (Å²) in [6.45, 7) is 2.15. The molecule has 23 heavy (non-hydrogen) atoms. The lowest BCUT2D eigenvalue weighted by Gasteiger charge is -2.16. The maximum Gasteiger partial charge on any atom is 0.220 e. The van der Waals surface area contributed by atoms with Gasteiger partial charge >= 0.3 is 0 Å². The number of rotatable bonds is 7. The fraction of sp³-hybridized carbons (Fsp3) is 0.611. The fourth-order valence-corrected chi connectivity index (χ4v) is 3.27. The third-order valence-electron chi connectivity index (χ3n) is 4.74. The number of carbonyl (C=O) groups is 1. The highest BCUT2D eigenvalue weighted by atomic mass is 16.5. The van der Waals surface area contributed by atoms with E-state index in [1.54, 1.807) is 14.2 Å². The molecule has 126 valence electrons. The number of methoxy groups -OCH3 is 2. The van der Waals surface area contributed by atoms with Gasteiger partial charge in [-0.25, -0.2) is 0 Å². The minimum Gasteiger partial charge on any atom is -0.493 e. The molecule has 1 heterocycles. The molecular weight excluding hydrogens is 292 g/mol. The Morgan fingerprint density at radius 2 is 2.00 bits per heavy atom. The minimum atomic E-state index is 0.141. The maximum atomic E-state index is 12.2. The van der Waals surface area contributed by atoms with Crippen LogP contribution in [0.1, 0.15) is 31.2 Å². The molecule has 1 N–H and O–H groups in total. The van der Waals surface area contributed by atoms with Gasteiger partial charge in [0.25, 0.3) is 0 Å². The smallest absolute Gasteiger partial charge is 0.220 e. The number of aryl methyl sites for hydroxylation is 1. The Labute approximate surface area is 137 Å². The summed E-state index contributed by atoms with van der Waals surface area (Å²) in [5.74, 6) is 1.57. The van der Waals surface area contributed by atoms with Gasteiger partial charge in [0.2, 0.25) is 5.91 Å². The average molecular weight is 318 g/mol. The second-order valence-electron chi connectivity index (χ2n) is 6.47. The van der Waals surface area contributed by atoms with Crippen LogP contribution in [0.3, 0.4) is 0 Å². The van der Waals surface area contributed by atoms with Gasteiger partial charge in [-0.1, -0.05) is 6.07 Å². The van der Waals surface area contributed by atoms with Gasteiger partial charge in [0, 0.05) is 31.6 Å². The van der Waals surface area contributed by atoms with Crippen molar-refractivity contribution in [3.8, 4) is 11.5 Å². The molecule has 1 unspecified atom stereocenters. The molecule has 0 bridgehead atoms. The second kappa shape index (κ2) is 7.21. The van der Waals surface area contributed by atoms with Crippen molar-refractivity contribution in [3.63, 3.8) is 0 Å². The van der Waals surface area contributed by atoms with Crippen molar-refractivity contribution in [2.75, 3.05) is 27.3 Å². The van der Waals surface area contributed by atoms with Gasteiger partial charge in [0.1, 0.15) is 0 Å². The zero-order valence-electron chi connectivity index (χ0n) is 14.0. The summed E-state index contributed by atoms with van der Waals surface area (Å²) in [5, 5.41) is 3.18. The van der Waals surface area contributed by atoms with Crippen LogP contribution < -0.4 is 14.8 Å². The molecular formula is C18H26N2O3. The number of likely N-dealkylation sites (tertiary alicyclic amines) is 1. The quantitative estimate of drug-likeness (QED) is 0.835. The van der Waals surface area contributed by atoms with Gasteiger partial charge in [-0.15, -0.1) is 0 Å². The highest BCUT2D eigenvalue weighted by molar-refractivity contribution is 5.76. The Bertz CT molecular complexity index is 557. The lowest BCUT2D eigenvalue weighted by atomic mass is 10.1. The summed E-state index contributed by atoms with van der Waals surface area (Å²) in [6.07, 6.45) is 4.97. The topological polar surface area (TPSA) is 50.8 Å². The summed E-state index contributed by atoms with van der Waals surface area (Å²) in [6, 6.07) is 6.93. The van der Waals surface area contributed by atoms with Crippen LogP contribution in [0, 0.1) is 0 Å². The Hall–Kier alpha value is -1.75. The number of benzene rings is 1. The summed E-state index contributed by atoms with van der Waals surface area (Å²) >= 11 is 0. The normalized spacial score (nSPS) is 21.2. The first-order valence-electron chi connectivity index (χ1n) is 8.44. The van der Waals surface area contributed by atoms with E-state index >= 15 is 0 Å². The largest absolute Gasteiger partial charge is 0.493 e. The monoisotopic (exact) mass is 318 g/mol. The predicted molar refractivity (Wildman–Crippen MR) is 89.0 cm³/mol. The van der Waals surface area contributed by atoms with Gasteiger partial charge in [-0.3, -0.25) is 9.69 Å². The third kappa shape index (κ3) is 4.16. The van der Waals surface area contributed by atoms with Crippen LogP contribution in [0.4, 0.5) is 0 Å². The molecule has 3 rings (SSSR count). The van der Waals surface area contributed by atoms with Gasteiger partial charge in [0.05, 0.1) is 14.2 Å². The molecule has 1 aliphatic carbocycles. The van der Waals surface area contributed by atoms with E-state index in [9.17, 15) is 4.79 Å². The molecule has 1 atom stereocenters. The first kappa shape index (κ1) is 16.1. The summed E-state index contributed by atoms with van der Waals surface area (Å²) in [5.41, 5.74) is 1.09. The van der Waals surface area contributed by atoms with E-state index in [0.717, 1.165) is 31.1 Å². The van der Waals surface area contributed by atoms with E-state index in [-0.39, 0.29) is 5.91 Å². The average Bonchev–Trinajstić information content (AvgIpc) is 3.32. The Kier molecular flexibility index (Phi) is 5.06. The van der Waals surface area contributed by atoms with Gasteiger partial charge < -0.3 is 14.8 Å². The van der Waals surface area contributed by atoms with Gasteiger partial charge in [0.15, 0.2) is 11.5 Å². The zero-order valence-corrected chi connectivity index (χ0v) is 14.0. The molecule has 2 aliphatic rings. The summed E-state index contributed by atoms with van der Waals surface area (Å²) in [4.78, 5) is 14.7. The van der Waals surface area contributed by atoms with Crippen LogP contribution in [0.2, 0.25) is 0 Å². The molecule has 5 nitrogen and oxygen atoms in total. The molecule has 1 saturated carbocycles. The Balaban J connectivity index is 1.45. The van der Waals surface area contributed by atoms with Crippen LogP contribution in [-0.2, 0) is 11.2 Å². The Morgan fingerprint density at radius 3 is 2.70 bits per heavy atom. The highest BCUT2D eigenvalue weighted by Crippen LogP contribution is 2.30. The summed E-state index contributed by atoms with van der Waals surface area (Å²) < 4.78 is 10.5. The maximum absolute atomic E-state index is 12.2. The number of nitrogens with one attached hydrogen (secondary N) is 1. The van der Waals surface area contributed by atoms with E-state index in [2.05, 4.69) is 10.2 Å². The molecule has 0 aromatic heterocycles. The lowest BCUT2D eigenvalue weighted by Crippen LogP contribution is -2.37. The van der Waals surface area contributed by atoms with Crippen molar-refractivity contribution in [3.05, 3.63) is 23.8 Å². The first-order valence-corrected chi connectivity index (χ1v) is 8.44. The van der Waals surface area contributed by atoms with Crippen LogP contribution in [0.5, 0.6) is 11.5 Å². The van der Waals surface area contributed by atoms with Crippen molar-refractivity contribution in [2.24, 2.45) is 0 Å². The van der Waals surface area contributed by atoms with Crippen LogP contribution in [0.15, 0.2) is 18.2 Å². The van der Waals surface area contributed by atoms with Crippen LogP contribution >= 0.6 is 0 Å². The highest BCUT2D eigenvalue weighted by Gasteiger charge is 2.34. The number of ether oxygens (including phenoxy) is 2. The molecule has 1 aliphatic heterocycles. The number of hydrogen-bond donors (Lipinski definition) is 1. The van der Waals surface area contributed by atoms with Crippen molar-refractivity contribution in [1.29, 1.82) is 0 Å². The molecule has 1 aromatic carbocycles. The van der Waals surface area contributed by atoms with Crippen LogP contribution in [0.25, 0.3) is 0 Å². The van der Waals surface area contributed by atoms with E-state index in [1.165, 1.54) is 12.8 Å². The van der Waals surface area contributed by atoms with E-state index in [1.807, 2.05) is 18.2 Å². The van der Waals surface area contributed by atoms with Gasteiger partial charge in [-0.05, 0) is 43.4 Å². The van der Waals surface area contributed by atoms with E-state index < -0.39 is 0 Å².